The maximum Gasteiger partial charge on any atom is 0.257 e. The molecule has 2 aliphatic heterocycles. The van der Waals surface area contributed by atoms with Gasteiger partial charge in [0.15, 0.2) is 0 Å². The van der Waals surface area contributed by atoms with Crippen LogP contribution in [0.15, 0.2) is 18.2 Å². The molecule has 2 fully saturated rings. The van der Waals surface area contributed by atoms with Crippen molar-refractivity contribution in [2.45, 2.75) is 25.3 Å². The Bertz CT molecular complexity index is 590. The van der Waals surface area contributed by atoms with E-state index in [1.54, 1.807) is 4.90 Å². The fourth-order valence-corrected chi connectivity index (χ4v) is 3.15. The minimum absolute atomic E-state index is 0.0761. The smallest absolute Gasteiger partial charge is 0.257 e. The number of nitrogens with one attached hydrogen (secondary N) is 1. The van der Waals surface area contributed by atoms with E-state index in [4.69, 9.17) is 0 Å². The number of benzene rings is 1. The molecule has 2 amide bonds. The summed E-state index contributed by atoms with van der Waals surface area (Å²) in [5.74, 6) is -0.866. The lowest BCUT2D eigenvalue weighted by atomic mass is 9.85. The maximum atomic E-state index is 13.0. The van der Waals surface area contributed by atoms with Crippen LogP contribution in [0.25, 0.3) is 0 Å². The van der Waals surface area contributed by atoms with Crippen LogP contribution < -0.4 is 5.32 Å². The Hall–Kier alpha value is -2.11. The number of nitrogens with zero attached hydrogens (tertiary/aromatic N) is 1. The largest absolute Gasteiger partial charge is 0.507 e. The highest BCUT2D eigenvalue weighted by Crippen LogP contribution is 2.28. The number of hydrogen-bond acceptors (Lipinski definition) is 3. The van der Waals surface area contributed by atoms with Crippen molar-refractivity contribution in [1.82, 2.24) is 10.2 Å². The Balaban J connectivity index is 1.73. The highest BCUT2D eigenvalue weighted by molar-refractivity contribution is 5.96. The van der Waals surface area contributed by atoms with Crippen LogP contribution in [0.1, 0.15) is 29.6 Å². The molecule has 21 heavy (non-hydrogen) atoms. The number of piperidine rings is 2. The average Bonchev–Trinajstić information content (AvgIpc) is 2.46. The van der Waals surface area contributed by atoms with Gasteiger partial charge in [0.2, 0.25) is 5.91 Å². The van der Waals surface area contributed by atoms with Crippen LogP contribution >= 0.6 is 0 Å². The summed E-state index contributed by atoms with van der Waals surface area (Å²) >= 11 is 0. The van der Waals surface area contributed by atoms with E-state index in [0.29, 0.717) is 25.9 Å². The van der Waals surface area contributed by atoms with E-state index < -0.39 is 5.82 Å². The molecule has 0 aliphatic carbocycles. The van der Waals surface area contributed by atoms with E-state index in [-0.39, 0.29) is 35.1 Å². The fraction of sp³-hybridized carbons (Fsp3) is 0.467. The lowest BCUT2D eigenvalue weighted by molar-refractivity contribution is -0.125. The molecule has 112 valence electrons. The van der Waals surface area contributed by atoms with Crippen molar-refractivity contribution in [1.29, 1.82) is 0 Å². The summed E-state index contributed by atoms with van der Waals surface area (Å²) < 4.78 is 13.0. The molecule has 3 rings (SSSR count). The molecule has 5 nitrogen and oxygen atoms in total. The van der Waals surface area contributed by atoms with Gasteiger partial charge in [-0.05, 0) is 30.9 Å². The fourth-order valence-electron chi connectivity index (χ4n) is 3.15. The van der Waals surface area contributed by atoms with E-state index >= 15 is 0 Å². The molecule has 0 bridgehead atoms. The van der Waals surface area contributed by atoms with E-state index in [0.717, 1.165) is 12.5 Å². The molecular formula is C15H17FN2O3. The van der Waals surface area contributed by atoms with E-state index in [2.05, 4.69) is 5.32 Å². The van der Waals surface area contributed by atoms with Crippen molar-refractivity contribution in [2.24, 2.45) is 5.92 Å². The molecule has 2 aliphatic rings. The average molecular weight is 292 g/mol. The van der Waals surface area contributed by atoms with Gasteiger partial charge in [-0.15, -0.1) is 0 Å². The van der Waals surface area contributed by atoms with Crippen molar-refractivity contribution in [3.63, 3.8) is 0 Å². The number of likely N-dealkylation sites (tertiary alicyclic amines) is 1. The van der Waals surface area contributed by atoms with Gasteiger partial charge in [-0.25, -0.2) is 4.39 Å². The zero-order valence-corrected chi connectivity index (χ0v) is 11.5. The second-order valence-electron chi connectivity index (χ2n) is 5.67. The lowest BCUT2D eigenvalue weighted by Crippen LogP contribution is -2.55. The molecule has 2 heterocycles. The lowest BCUT2D eigenvalue weighted by Gasteiger charge is -2.41. The highest BCUT2D eigenvalue weighted by Gasteiger charge is 2.35. The summed E-state index contributed by atoms with van der Waals surface area (Å²) in [6.07, 6.45) is 1.98. The van der Waals surface area contributed by atoms with Gasteiger partial charge in [-0.1, -0.05) is 0 Å². The molecule has 0 radical (unpaired) electrons. The standard InChI is InChI=1S/C15H17FN2O3/c16-10-2-3-11(13(19)7-10)15(21)18-6-5-12-9(8-18)1-4-14(20)17-12/h2-3,7,9,12,19H,1,4-6,8H2,(H,17,20). The predicted octanol–water partition coefficient (Wildman–Crippen LogP) is 1.27. The van der Waals surface area contributed by atoms with Gasteiger partial charge in [-0.3, -0.25) is 9.59 Å². The first kappa shape index (κ1) is 13.9. The first-order chi connectivity index (χ1) is 10.0. The number of fused-ring (bicyclic) bond motifs is 1. The van der Waals surface area contributed by atoms with E-state index in [1.807, 2.05) is 0 Å². The van der Waals surface area contributed by atoms with Crippen molar-refractivity contribution in [3.8, 4) is 5.75 Å². The molecule has 1 aromatic carbocycles. The quantitative estimate of drug-likeness (QED) is 0.819. The van der Waals surface area contributed by atoms with Gasteiger partial charge in [0.05, 0.1) is 5.56 Å². The number of halogens is 1. The number of rotatable bonds is 1. The number of aromatic hydroxyl groups is 1. The molecule has 0 spiro atoms. The molecule has 2 N–H and O–H groups in total. The van der Waals surface area contributed by atoms with Gasteiger partial charge in [0.1, 0.15) is 11.6 Å². The van der Waals surface area contributed by atoms with Gasteiger partial charge in [0.25, 0.3) is 5.91 Å². The number of carbonyl (C=O) groups is 2. The summed E-state index contributed by atoms with van der Waals surface area (Å²) in [5.41, 5.74) is 0.120. The van der Waals surface area contributed by atoms with Crippen LogP contribution in [-0.4, -0.2) is 41.0 Å². The van der Waals surface area contributed by atoms with Crippen LogP contribution in [0.2, 0.25) is 0 Å². The summed E-state index contributed by atoms with van der Waals surface area (Å²) in [5, 5.41) is 12.7. The second-order valence-corrected chi connectivity index (χ2v) is 5.67. The van der Waals surface area contributed by atoms with Gasteiger partial charge in [0, 0.05) is 31.6 Å². The SMILES string of the molecule is O=C1CCC2CN(C(=O)c3ccc(F)cc3O)CCC2N1. The molecule has 1 aromatic rings. The summed E-state index contributed by atoms with van der Waals surface area (Å²) in [6, 6.07) is 3.56. The molecule has 6 heteroatoms. The van der Waals surface area contributed by atoms with Crippen LogP contribution in [0, 0.1) is 11.7 Å². The minimum atomic E-state index is -0.572. The summed E-state index contributed by atoms with van der Waals surface area (Å²) in [4.78, 5) is 25.5. The number of amides is 2. The minimum Gasteiger partial charge on any atom is -0.507 e. The molecule has 2 saturated heterocycles. The summed E-state index contributed by atoms with van der Waals surface area (Å²) in [7, 11) is 0. The zero-order chi connectivity index (χ0) is 15.0. The number of carbonyl (C=O) groups excluding carboxylic acids is 2. The van der Waals surface area contributed by atoms with E-state index in [9.17, 15) is 19.1 Å². The molecule has 0 aromatic heterocycles. The normalized spacial score (nSPS) is 25.2. The molecular weight excluding hydrogens is 275 g/mol. The Morgan fingerprint density at radius 1 is 1.38 bits per heavy atom. The van der Waals surface area contributed by atoms with Gasteiger partial charge in [-0.2, -0.15) is 0 Å². The van der Waals surface area contributed by atoms with E-state index in [1.165, 1.54) is 12.1 Å². The van der Waals surface area contributed by atoms with Gasteiger partial charge < -0.3 is 15.3 Å². The Morgan fingerprint density at radius 3 is 2.95 bits per heavy atom. The number of hydrogen-bond donors (Lipinski definition) is 2. The van der Waals surface area contributed by atoms with Crippen molar-refractivity contribution >= 4 is 11.8 Å². The first-order valence-corrected chi connectivity index (χ1v) is 7.12. The Kier molecular flexibility index (Phi) is 3.53. The zero-order valence-electron chi connectivity index (χ0n) is 11.5. The number of phenolic OH excluding ortho intramolecular Hbond substituents is 1. The third kappa shape index (κ3) is 2.70. The second kappa shape index (κ2) is 5.35. The third-order valence-electron chi connectivity index (χ3n) is 4.30. The van der Waals surface area contributed by atoms with Crippen LogP contribution in [0.3, 0.4) is 0 Å². The molecule has 2 unspecified atom stereocenters. The van der Waals surface area contributed by atoms with Crippen LogP contribution in [0.4, 0.5) is 4.39 Å². The Labute approximate surface area is 121 Å². The molecule has 2 atom stereocenters. The summed E-state index contributed by atoms with van der Waals surface area (Å²) in [6.45, 7) is 1.08. The third-order valence-corrected chi connectivity index (χ3v) is 4.30. The first-order valence-electron chi connectivity index (χ1n) is 7.12. The highest BCUT2D eigenvalue weighted by atomic mass is 19.1. The monoisotopic (exact) mass is 292 g/mol. The topological polar surface area (TPSA) is 69.6 Å². The van der Waals surface area contributed by atoms with Crippen molar-refractivity contribution < 1.29 is 19.1 Å². The van der Waals surface area contributed by atoms with Gasteiger partial charge >= 0.3 is 0 Å². The Morgan fingerprint density at radius 2 is 2.19 bits per heavy atom. The number of phenols is 1. The van der Waals surface area contributed by atoms with Crippen molar-refractivity contribution in [3.05, 3.63) is 29.6 Å². The predicted molar refractivity (Wildman–Crippen MR) is 73.2 cm³/mol. The molecule has 0 saturated carbocycles. The maximum absolute atomic E-state index is 13.0. The van der Waals surface area contributed by atoms with Crippen molar-refractivity contribution in [2.75, 3.05) is 13.1 Å². The van der Waals surface area contributed by atoms with Crippen LogP contribution in [0.5, 0.6) is 5.75 Å². The van der Waals surface area contributed by atoms with Crippen LogP contribution in [-0.2, 0) is 4.79 Å².